The third-order valence-electron chi connectivity index (χ3n) is 4.39. The first-order valence-corrected chi connectivity index (χ1v) is 10.2. The second kappa shape index (κ2) is 13.2. The molecular weight excluding hydrogens is 336 g/mol. The summed E-state index contributed by atoms with van der Waals surface area (Å²) in [7, 11) is 0. The summed E-state index contributed by atoms with van der Waals surface area (Å²) >= 11 is 3.45. The van der Waals surface area contributed by atoms with E-state index in [1.807, 2.05) is 0 Å². The summed E-state index contributed by atoms with van der Waals surface area (Å²) in [6.07, 6.45) is 19.4. The van der Waals surface area contributed by atoms with Crippen LogP contribution in [0.5, 0.6) is 0 Å². The van der Waals surface area contributed by atoms with Crippen LogP contribution in [0.15, 0.2) is 4.60 Å². The van der Waals surface area contributed by atoms with E-state index in [1.165, 1.54) is 83.5 Å². The topological polar surface area (TPSA) is 28.7 Å². The van der Waals surface area contributed by atoms with Gasteiger partial charge in [0.2, 0.25) is 0 Å². The lowest BCUT2D eigenvalue weighted by Crippen LogP contribution is -1.89. The van der Waals surface area contributed by atoms with Gasteiger partial charge in [-0.15, -0.1) is 0 Å². The Bertz CT molecular complexity index is 354. The van der Waals surface area contributed by atoms with E-state index in [2.05, 4.69) is 39.7 Å². The number of nitrogens with zero attached hydrogens (tertiary/aromatic N) is 1. The van der Waals surface area contributed by atoms with Gasteiger partial charge in [-0.05, 0) is 29.3 Å². The van der Waals surface area contributed by atoms with Crippen molar-refractivity contribution in [2.24, 2.45) is 0 Å². The Morgan fingerprint density at radius 1 is 0.773 bits per heavy atom. The van der Waals surface area contributed by atoms with Crippen molar-refractivity contribution in [3.63, 3.8) is 0 Å². The minimum atomic E-state index is 0.970. The van der Waals surface area contributed by atoms with Crippen LogP contribution in [0.4, 0.5) is 0 Å². The van der Waals surface area contributed by atoms with Crippen LogP contribution >= 0.6 is 15.9 Å². The molecule has 3 heteroatoms. The quantitative estimate of drug-likeness (QED) is 0.347. The number of unbranched alkanes of at least 4 members (excludes halogenated alkanes) is 12. The third kappa shape index (κ3) is 9.66. The van der Waals surface area contributed by atoms with Crippen molar-refractivity contribution in [2.75, 3.05) is 0 Å². The smallest absolute Gasteiger partial charge is 0.127 e. The van der Waals surface area contributed by atoms with Crippen LogP contribution in [-0.4, -0.2) is 9.97 Å². The van der Waals surface area contributed by atoms with Crippen LogP contribution in [0.3, 0.4) is 0 Å². The van der Waals surface area contributed by atoms with Crippen LogP contribution < -0.4 is 0 Å². The molecule has 0 fully saturated rings. The van der Waals surface area contributed by atoms with Crippen molar-refractivity contribution in [3.8, 4) is 0 Å². The average molecular weight is 371 g/mol. The zero-order valence-electron chi connectivity index (χ0n) is 14.7. The van der Waals surface area contributed by atoms with E-state index in [0.717, 1.165) is 22.5 Å². The summed E-state index contributed by atoms with van der Waals surface area (Å²) in [6, 6.07) is 0. The number of rotatable bonds is 14. The molecule has 2 nitrogen and oxygen atoms in total. The summed E-state index contributed by atoms with van der Waals surface area (Å²) in [5.41, 5.74) is 1.14. The van der Waals surface area contributed by atoms with Gasteiger partial charge < -0.3 is 4.98 Å². The fourth-order valence-electron chi connectivity index (χ4n) is 2.93. The Balaban J connectivity index is 1.80. The standard InChI is InChI=1S/C19H35BrN2/c1-3-4-5-6-7-8-9-10-11-12-13-14-15-16-18-21-17(2)19(20)22-18/h3-16H2,1-2H3,(H,21,22). The first kappa shape index (κ1) is 19.7. The number of aromatic nitrogens is 2. The first-order chi connectivity index (χ1) is 10.7. The lowest BCUT2D eigenvalue weighted by Gasteiger charge is -2.02. The van der Waals surface area contributed by atoms with E-state index in [0.29, 0.717) is 0 Å². The van der Waals surface area contributed by atoms with Crippen LogP contribution in [-0.2, 0) is 6.42 Å². The second-order valence-electron chi connectivity index (χ2n) is 6.59. The first-order valence-electron chi connectivity index (χ1n) is 9.45. The van der Waals surface area contributed by atoms with Crippen molar-refractivity contribution in [1.82, 2.24) is 9.97 Å². The molecule has 0 bridgehead atoms. The maximum atomic E-state index is 4.47. The molecule has 0 aliphatic carbocycles. The second-order valence-corrected chi connectivity index (χ2v) is 7.34. The van der Waals surface area contributed by atoms with Gasteiger partial charge in [0, 0.05) is 12.1 Å². The van der Waals surface area contributed by atoms with Crippen molar-refractivity contribution in [2.45, 2.75) is 104 Å². The van der Waals surface area contributed by atoms with Crippen molar-refractivity contribution in [1.29, 1.82) is 0 Å². The SMILES string of the molecule is CCCCCCCCCCCCCCCc1nc(Br)c(C)[nH]1. The molecule has 1 rings (SSSR count). The largest absolute Gasteiger partial charge is 0.345 e. The third-order valence-corrected chi connectivity index (χ3v) is 5.16. The molecule has 0 saturated carbocycles. The monoisotopic (exact) mass is 370 g/mol. The lowest BCUT2D eigenvalue weighted by atomic mass is 10.0. The summed E-state index contributed by atoms with van der Waals surface area (Å²) in [6.45, 7) is 4.35. The Kier molecular flexibility index (Phi) is 11.8. The molecule has 0 aliphatic rings. The van der Waals surface area contributed by atoms with Crippen molar-refractivity contribution < 1.29 is 0 Å². The number of aryl methyl sites for hydroxylation is 2. The molecule has 22 heavy (non-hydrogen) atoms. The molecule has 0 amide bonds. The van der Waals surface area contributed by atoms with Crippen molar-refractivity contribution in [3.05, 3.63) is 16.1 Å². The molecule has 0 atom stereocenters. The fourth-order valence-corrected chi connectivity index (χ4v) is 3.24. The van der Waals surface area contributed by atoms with E-state index in [4.69, 9.17) is 0 Å². The summed E-state index contributed by atoms with van der Waals surface area (Å²) in [4.78, 5) is 7.80. The molecule has 1 aromatic heterocycles. The summed E-state index contributed by atoms with van der Waals surface area (Å²) in [5.74, 6) is 1.13. The van der Waals surface area contributed by atoms with E-state index in [9.17, 15) is 0 Å². The highest BCUT2D eigenvalue weighted by molar-refractivity contribution is 9.10. The number of H-pyrrole nitrogens is 1. The molecule has 128 valence electrons. The molecule has 0 aromatic carbocycles. The number of imidazole rings is 1. The fraction of sp³-hybridized carbons (Fsp3) is 0.842. The van der Waals surface area contributed by atoms with Crippen LogP contribution in [0.1, 0.15) is 102 Å². The molecule has 1 heterocycles. The van der Waals surface area contributed by atoms with Gasteiger partial charge in [0.05, 0.1) is 0 Å². The van der Waals surface area contributed by atoms with Gasteiger partial charge in [-0.2, -0.15) is 0 Å². The van der Waals surface area contributed by atoms with E-state index in [-0.39, 0.29) is 0 Å². The highest BCUT2D eigenvalue weighted by Crippen LogP contribution is 2.15. The molecular formula is C19H35BrN2. The van der Waals surface area contributed by atoms with Gasteiger partial charge in [-0.25, -0.2) is 4.98 Å². The van der Waals surface area contributed by atoms with Crippen LogP contribution in [0, 0.1) is 6.92 Å². The van der Waals surface area contributed by atoms with Gasteiger partial charge in [-0.1, -0.05) is 84.0 Å². The molecule has 0 radical (unpaired) electrons. The van der Waals surface area contributed by atoms with Gasteiger partial charge in [-0.3, -0.25) is 0 Å². The maximum Gasteiger partial charge on any atom is 0.127 e. The van der Waals surface area contributed by atoms with E-state index in [1.54, 1.807) is 0 Å². The van der Waals surface area contributed by atoms with Gasteiger partial charge in [0.25, 0.3) is 0 Å². The minimum Gasteiger partial charge on any atom is -0.345 e. The van der Waals surface area contributed by atoms with Crippen LogP contribution in [0.25, 0.3) is 0 Å². The summed E-state index contributed by atoms with van der Waals surface area (Å²) < 4.78 is 0.970. The van der Waals surface area contributed by atoms with Crippen molar-refractivity contribution >= 4 is 15.9 Å². The van der Waals surface area contributed by atoms with E-state index >= 15 is 0 Å². The number of nitrogens with one attached hydrogen (secondary N) is 1. The predicted octanol–water partition coefficient (Wildman–Crippen LogP) is 7.11. The number of halogens is 1. The Morgan fingerprint density at radius 3 is 1.64 bits per heavy atom. The molecule has 0 saturated heterocycles. The Labute approximate surface area is 146 Å². The molecule has 0 aliphatic heterocycles. The number of hydrogen-bond donors (Lipinski definition) is 1. The average Bonchev–Trinajstić information content (AvgIpc) is 2.82. The van der Waals surface area contributed by atoms with Gasteiger partial charge >= 0.3 is 0 Å². The van der Waals surface area contributed by atoms with Crippen LogP contribution in [0.2, 0.25) is 0 Å². The zero-order valence-corrected chi connectivity index (χ0v) is 16.3. The van der Waals surface area contributed by atoms with E-state index < -0.39 is 0 Å². The molecule has 1 N–H and O–H groups in total. The highest BCUT2D eigenvalue weighted by atomic mass is 79.9. The lowest BCUT2D eigenvalue weighted by molar-refractivity contribution is 0.538. The highest BCUT2D eigenvalue weighted by Gasteiger charge is 2.02. The normalized spacial score (nSPS) is 11.2. The minimum absolute atomic E-state index is 0.970. The number of hydrogen-bond acceptors (Lipinski definition) is 1. The summed E-state index contributed by atoms with van der Waals surface area (Å²) in [5, 5.41) is 0. The van der Waals surface area contributed by atoms with Gasteiger partial charge in [0.1, 0.15) is 10.4 Å². The zero-order chi connectivity index (χ0) is 16.0. The Morgan fingerprint density at radius 2 is 1.23 bits per heavy atom. The van der Waals surface area contributed by atoms with Gasteiger partial charge in [0.15, 0.2) is 0 Å². The predicted molar refractivity (Wildman–Crippen MR) is 100 cm³/mol. The maximum absolute atomic E-state index is 4.47. The Hall–Kier alpha value is -0.310. The molecule has 0 spiro atoms. The molecule has 1 aromatic rings. The number of aromatic amines is 1. The molecule has 0 unspecified atom stereocenters.